The molecular weight excluding hydrogens is 272 g/mol. The third-order valence-corrected chi connectivity index (χ3v) is 4.53. The van der Waals surface area contributed by atoms with Crippen LogP contribution in [0.25, 0.3) is 0 Å². The minimum absolute atomic E-state index is 0.946. The monoisotopic (exact) mass is 300 g/mol. The Labute approximate surface area is 134 Å². The smallest absolute Gasteiger partial charge is 0.194 e. The summed E-state index contributed by atoms with van der Waals surface area (Å²) in [4.78, 5) is 9.70. The van der Waals surface area contributed by atoms with Gasteiger partial charge in [-0.25, -0.2) is 0 Å². The SMILES string of the molecule is CCNC(=NCCC1CC1)N1CCN(c2ccccc2)CC1. The molecule has 2 aliphatic rings. The summed E-state index contributed by atoms with van der Waals surface area (Å²) in [6, 6.07) is 10.7. The molecule has 1 N–H and O–H groups in total. The number of benzene rings is 1. The maximum Gasteiger partial charge on any atom is 0.194 e. The number of rotatable bonds is 5. The van der Waals surface area contributed by atoms with Crippen molar-refractivity contribution >= 4 is 11.6 Å². The topological polar surface area (TPSA) is 30.9 Å². The summed E-state index contributed by atoms with van der Waals surface area (Å²) in [6.07, 6.45) is 4.10. The van der Waals surface area contributed by atoms with E-state index in [1.54, 1.807) is 0 Å². The Kier molecular flexibility index (Phi) is 5.20. The highest BCUT2D eigenvalue weighted by atomic mass is 15.3. The van der Waals surface area contributed by atoms with Crippen LogP contribution in [0.3, 0.4) is 0 Å². The highest BCUT2D eigenvalue weighted by Gasteiger charge is 2.22. The van der Waals surface area contributed by atoms with Gasteiger partial charge in [-0.2, -0.15) is 0 Å². The van der Waals surface area contributed by atoms with Gasteiger partial charge >= 0.3 is 0 Å². The predicted octanol–water partition coefficient (Wildman–Crippen LogP) is 2.57. The molecule has 0 radical (unpaired) electrons. The molecule has 4 heteroatoms. The number of nitrogens with one attached hydrogen (secondary N) is 1. The molecule has 1 aliphatic heterocycles. The van der Waals surface area contributed by atoms with E-state index in [4.69, 9.17) is 4.99 Å². The Bertz CT molecular complexity index is 473. The molecule has 1 aliphatic carbocycles. The summed E-state index contributed by atoms with van der Waals surface area (Å²) >= 11 is 0. The molecule has 0 bridgehead atoms. The van der Waals surface area contributed by atoms with E-state index in [1.807, 2.05) is 0 Å². The number of piperazine rings is 1. The van der Waals surface area contributed by atoms with Gasteiger partial charge in [0.25, 0.3) is 0 Å². The Morgan fingerprint density at radius 2 is 1.86 bits per heavy atom. The molecule has 1 aromatic rings. The summed E-state index contributed by atoms with van der Waals surface area (Å²) in [5.41, 5.74) is 1.33. The Morgan fingerprint density at radius 1 is 1.14 bits per heavy atom. The molecular formula is C18H28N4. The molecule has 0 atom stereocenters. The van der Waals surface area contributed by atoms with Crippen LogP contribution in [-0.4, -0.2) is 50.1 Å². The third-order valence-electron chi connectivity index (χ3n) is 4.53. The van der Waals surface area contributed by atoms with Gasteiger partial charge in [-0.05, 0) is 31.4 Å². The van der Waals surface area contributed by atoms with Crippen LogP contribution in [-0.2, 0) is 0 Å². The molecule has 22 heavy (non-hydrogen) atoms. The molecule has 0 aromatic heterocycles. The number of hydrogen-bond donors (Lipinski definition) is 1. The van der Waals surface area contributed by atoms with Gasteiger partial charge in [-0.1, -0.05) is 31.0 Å². The third kappa shape index (κ3) is 4.15. The van der Waals surface area contributed by atoms with Crippen LogP contribution in [0.4, 0.5) is 5.69 Å². The fraction of sp³-hybridized carbons (Fsp3) is 0.611. The maximum absolute atomic E-state index is 4.83. The Balaban J connectivity index is 1.53. The van der Waals surface area contributed by atoms with Gasteiger partial charge in [0.2, 0.25) is 0 Å². The van der Waals surface area contributed by atoms with Crippen LogP contribution in [0.5, 0.6) is 0 Å². The first-order valence-electron chi connectivity index (χ1n) is 8.70. The van der Waals surface area contributed by atoms with E-state index in [1.165, 1.54) is 24.9 Å². The van der Waals surface area contributed by atoms with Crippen molar-refractivity contribution in [2.24, 2.45) is 10.9 Å². The van der Waals surface area contributed by atoms with Crippen molar-refractivity contribution in [2.75, 3.05) is 44.2 Å². The molecule has 3 rings (SSSR count). The van der Waals surface area contributed by atoms with E-state index in [-0.39, 0.29) is 0 Å². The lowest BCUT2D eigenvalue weighted by Crippen LogP contribution is -2.52. The summed E-state index contributed by atoms with van der Waals surface area (Å²) in [6.45, 7) is 8.30. The van der Waals surface area contributed by atoms with Crippen molar-refractivity contribution < 1.29 is 0 Å². The van der Waals surface area contributed by atoms with Crippen molar-refractivity contribution in [3.8, 4) is 0 Å². The first-order chi connectivity index (χ1) is 10.9. The standard InChI is InChI=1S/C18H28N4/c1-2-19-18(20-11-10-16-8-9-16)22-14-12-21(13-15-22)17-6-4-3-5-7-17/h3-7,16H,2,8-15H2,1H3,(H,19,20). The van der Waals surface area contributed by atoms with E-state index >= 15 is 0 Å². The number of hydrogen-bond acceptors (Lipinski definition) is 2. The molecule has 120 valence electrons. The van der Waals surface area contributed by atoms with E-state index in [0.717, 1.165) is 51.1 Å². The van der Waals surface area contributed by atoms with E-state index in [0.29, 0.717) is 0 Å². The van der Waals surface area contributed by atoms with Gasteiger partial charge < -0.3 is 15.1 Å². The van der Waals surface area contributed by atoms with Gasteiger partial charge in [0.15, 0.2) is 5.96 Å². The average molecular weight is 300 g/mol. The largest absolute Gasteiger partial charge is 0.368 e. The summed E-state index contributed by atoms with van der Waals surface area (Å²) in [5, 5.41) is 3.46. The fourth-order valence-corrected chi connectivity index (χ4v) is 3.00. The molecule has 0 amide bonds. The lowest BCUT2D eigenvalue weighted by molar-refractivity contribution is 0.372. The average Bonchev–Trinajstić information content (AvgIpc) is 3.39. The number of guanidine groups is 1. The van der Waals surface area contributed by atoms with Crippen LogP contribution in [0.2, 0.25) is 0 Å². The normalized spacial score (nSPS) is 19.4. The molecule has 4 nitrogen and oxygen atoms in total. The first-order valence-corrected chi connectivity index (χ1v) is 8.70. The van der Waals surface area contributed by atoms with Gasteiger partial charge in [-0.3, -0.25) is 4.99 Å². The maximum atomic E-state index is 4.83. The molecule has 1 saturated heterocycles. The predicted molar refractivity (Wildman–Crippen MR) is 93.5 cm³/mol. The molecule has 0 unspecified atom stereocenters. The van der Waals surface area contributed by atoms with Gasteiger partial charge in [0.05, 0.1) is 0 Å². The lowest BCUT2D eigenvalue weighted by Gasteiger charge is -2.37. The van der Waals surface area contributed by atoms with Crippen LogP contribution in [0.15, 0.2) is 35.3 Å². The Morgan fingerprint density at radius 3 is 2.50 bits per heavy atom. The van der Waals surface area contributed by atoms with Crippen molar-refractivity contribution in [3.63, 3.8) is 0 Å². The second kappa shape index (κ2) is 7.52. The molecule has 1 saturated carbocycles. The number of anilines is 1. The van der Waals surface area contributed by atoms with Crippen LogP contribution in [0.1, 0.15) is 26.2 Å². The number of para-hydroxylation sites is 1. The van der Waals surface area contributed by atoms with Crippen molar-refractivity contribution in [1.29, 1.82) is 0 Å². The quantitative estimate of drug-likeness (QED) is 0.670. The highest BCUT2D eigenvalue weighted by Crippen LogP contribution is 2.32. The van der Waals surface area contributed by atoms with Gasteiger partial charge in [0.1, 0.15) is 0 Å². The lowest BCUT2D eigenvalue weighted by atomic mass is 10.2. The van der Waals surface area contributed by atoms with Crippen LogP contribution in [0, 0.1) is 5.92 Å². The van der Waals surface area contributed by atoms with Crippen LogP contribution >= 0.6 is 0 Å². The van der Waals surface area contributed by atoms with E-state index in [9.17, 15) is 0 Å². The number of nitrogens with zero attached hydrogens (tertiary/aromatic N) is 3. The zero-order valence-electron chi connectivity index (χ0n) is 13.7. The number of aliphatic imine (C=N–C) groups is 1. The summed E-state index contributed by atoms with van der Waals surface area (Å²) < 4.78 is 0. The zero-order valence-corrected chi connectivity index (χ0v) is 13.7. The van der Waals surface area contributed by atoms with Gasteiger partial charge in [0, 0.05) is 45.0 Å². The molecule has 1 aromatic carbocycles. The minimum atomic E-state index is 0.946. The van der Waals surface area contributed by atoms with E-state index < -0.39 is 0 Å². The van der Waals surface area contributed by atoms with Crippen LogP contribution < -0.4 is 10.2 Å². The van der Waals surface area contributed by atoms with Crippen molar-refractivity contribution in [3.05, 3.63) is 30.3 Å². The molecule has 2 fully saturated rings. The van der Waals surface area contributed by atoms with Crippen molar-refractivity contribution in [2.45, 2.75) is 26.2 Å². The Hall–Kier alpha value is -1.71. The molecule has 0 spiro atoms. The summed E-state index contributed by atoms with van der Waals surface area (Å²) in [5.74, 6) is 2.07. The molecule has 1 heterocycles. The van der Waals surface area contributed by atoms with Crippen molar-refractivity contribution in [1.82, 2.24) is 10.2 Å². The second-order valence-electron chi connectivity index (χ2n) is 6.28. The second-order valence-corrected chi connectivity index (χ2v) is 6.28. The van der Waals surface area contributed by atoms with Gasteiger partial charge in [-0.15, -0.1) is 0 Å². The fourth-order valence-electron chi connectivity index (χ4n) is 3.00. The first kappa shape index (κ1) is 15.2. The van der Waals surface area contributed by atoms with E-state index in [2.05, 4.69) is 52.4 Å². The summed E-state index contributed by atoms with van der Waals surface area (Å²) in [7, 11) is 0. The zero-order chi connectivity index (χ0) is 15.2. The highest BCUT2D eigenvalue weighted by molar-refractivity contribution is 5.80. The minimum Gasteiger partial charge on any atom is -0.368 e.